The highest BCUT2D eigenvalue weighted by Gasteiger charge is 2.29. The number of ketones is 1. The van der Waals surface area contributed by atoms with Gasteiger partial charge in [-0.15, -0.1) is 0 Å². The van der Waals surface area contributed by atoms with E-state index in [0.29, 0.717) is 6.61 Å². The number of Topliss-reactive ketones (excluding diaryl/α,β-unsaturated/α-hetero) is 1. The van der Waals surface area contributed by atoms with E-state index in [1.54, 1.807) is 12.1 Å². The molecule has 1 heterocycles. The number of hydrogen-bond acceptors (Lipinski definition) is 2. The van der Waals surface area contributed by atoms with Gasteiger partial charge in [0.05, 0.1) is 12.2 Å². The van der Waals surface area contributed by atoms with Crippen molar-refractivity contribution in [1.82, 2.24) is 0 Å². The van der Waals surface area contributed by atoms with E-state index in [1.807, 2.05) is 24.3 Å². The molecule has 0 spiro atoms. The summed E-state index contributed by atoms with van der Waals surface area (Å²) in [6.07, 6.45) is 0.0962. The number of carbonyl (C=O) groups excluding carboxylic acids is 1. The first kappa shape index (κ1) is 12.1. The quantitative estimate of drug-likeness (QED) is 0.770. The van der Waals surface area contributed by atoms with Crippen molar-refractivity contribution >= 4 is 5.78 Å². The molecule has 1 unspecified atom stereocenters. The molecule has 2 aromatic carbocycles. The number of hydrogen-bond donors (Lipinski definition) is 0. The van der Waals surface area contributed by atoms with E-state index < -0.39 is 11.9 Å². The molecule has 3 heteroatoms. The number of ether oxygens (including phenoxy) is 1. The molecule has 0 aliphatic carbocycles. The largest absolute Gasteiger partial charge is 0.365 e. The van der Waals surface area contributed by atoms with Crippen molar-refractivity contribution in [3.63, 3.8) is 0 Å². The predicted molar refractivity (Wildman–Crippen MR) is 69.6 cm³/mol. The van der Waals surface area contributed by atoms with E-state index in [-0.39, 0.29) is 11.3 Å². The summed E-state index contributed by atoms with van der Waals surface area (Å²) in [6.45, 7) is 0.488. The van der Waals surface area contributed by atoms with Gasteiger partial charge in [0, 0.05) is 0 Å². The first-order valence-corrected chi connectivity index (χ1v) is 6.25. The van der Waals surface area contributed by atoms with Gasteiger partial charge in [-0.2, -0.15) is 0 Å². The third-order valence-corrected chi connectivity index (χ3v) is 3.37. The summed E-state index contributed by atoms with van der Waals surface area (Å²) in [5.74, 6) is -0.815. The van der Waals surface area contributed by atoms with E-state index >= 15 is 0 Å². The maximum Gasteiger partial charge on any atom is 0.199 e. The van der Waals surface area contributed by atoms with Crippen LogP contribution in [-0.4, -0.2) is 12.4 Å². The number of carbonyl (C=O) groups is 1. The van der Waals surface area contributed by atoms with Crippen molar-refractivity contribution in [3.05, 3.63) is 71.0 Å². The second kappa shape index (κ2) is 4.94. The van der Waals surface area contributed by atoms with Crippen LogP contribution in [0.3, 0.4) is 0 Å². The lowest BCUT2D eigenvalue weighted by Gasteiger charge is -2.25. The summed E-state index contributed by atoms with van der Waals surface area (Å²) in [4.78, 5) is 12.4. The Bertz CT molecular complexity index is 622. The van der Waals surface area contributed by atoms with Crippen LogP contribution in [0.25, 0.3) is 0 Å². The SMILES string of the molecule is O=C(c1ccccc1F)C1OCCc2ccccc21. The molecule has 0 N–H and O–H groups in total. The summed E-state index contributed by atoms with van der Waals surface area (Å²) in [7, 11) is 0. The van der Waals surface area contributed by atoms with Gasteiger partial charge in [-0.1, -0.05) is 36.4 Å². The van der Waals surface area contributed by atoms with Gasteiger partial charge in [0.2, 0.25) is 0 Å². The molecule has 0 aromatic heterocycles. The van der Waals surface area contributed by atoms with Gasteiger partial charge in [-0.3, -0.25) is 4.79 Å². The number of fused-ring (bicyclic) bond motifs is 1. The van der Waals surface area contributed by atoms with Crippen LogP contribution in [0.4, 0.5) is 4.39 Å². The Morgan fingerprint density at radius 1 is 1.11 bits per heavy atom. The molecular formula is C16H13FO2. The van der Waals surface area contributed by atoms with Crippen molar-refractivity contribution in [2.24, 2.45) is 0 Å². The summed E-state index contributed by atoms with van der Waals surface area (Å²) in [5.41, 5.74) is 2.04. The number of halogens is 1. The van der Waals surface area contributed by atoms with Crippen molar-refractivity contribution in [2.45, 2.75) is 12.5 Å². The Morgan fingerprint density at radius 3 is 2.68 bits per heavy atom. The highest BCUT2D eigenvalue weighted by molar-refractivity contribution is 6.00. The summed E-state index contributed by atoms with van der Waals surface area (Å²) in [5, 5.41) is 0. The molecule has 0 saturated carbocycles. The van der Waals surface area contributed by atoms with E-state index in [1.165, 1.54) is 12.1 Å². The molecule has 3 rings (SSSR count). The molecule has 1 aliphatic heterocycles. The molecule has 2 aromatic rings. The van der Waals surface area contributed by atoms with Crippen LogP contribution >= 0.6 is 0 Å². The fourth-order valence-electron chi connectivity index (χ4n) is 2.41. The standard InChI is InChI=1S/C16H13FO2/c17-14-8-4-3-7-13(14)15(18)16-12-6-2-1-5-11(12)9-10-19-16/h1-8,16H,9-10H2. The van der Waals surface area contributed by atoms with Gasteiger partial charge in [0.1, 0.15) is 11.9 Å². The van der Waals surface area contributed by atoms with E-state index in [2.05, 4.69) is 0 Å². The average molecular weight is 256 g/mol. The van der Waals surface area contributed by atoms with Crippen molar-refractivity contribution in [1.29, 1.82) is 0 Å². The molecule has 19 heavy (non-hydrogen) atoms. The number of benzene rings is 2. The van der Waals surface area contributed by atoms with Crippen LogP contribution in [0, 0.1) is 5.82 Å². The van der Waals surface area contributed by atoms with Gasteiger partial charge in [0.15, 0.2) is 5.78 Å². The molecule has 0 saturated heterocycles. The normalized spacial score (nSPS) is 17.8. The second-order valence-electron chi connectivity index (χ2n) is 4.54. The van der Waals surface area contributed by atoms with Crippen LogP contribution in [0.2, 0.25) is 0 Å². The molecule has 0 bridgehead atoms. The Balaban J connectivity index is 2.00. The lowest BCUT2D eigenvalue weighted by Crippen LogP contribution is -2.24. The molecule has 96 valence electrons. The Morgan fingerprint density at radius 2 is 1.84 bits per heavy atom. The lowest BCUT2D eigenvalue weighted by molar-refractivity contribution is 0.0345. The maximum atomic E-state index is 13.7. The molecule has 1 atom stereocenters. The van der Waals surface area contributed by atoms with Crippen LogP contribution < -0.4 is 0 Å². The zero-order valence-corrected chi connectivity index (χ0v) is 10.3. The minimum Gasteiger partial charge on any atom is -0.365 e. The third kappa shape index (κ3) is 2.17. The molecule has 0 radical (unpaired) electrons. The Kier molecular flexibility index (Phi) is 3.13. The zero-order chi connectivity index (χ0) is 13.2. The summed E-state index contributed by atoms with van der Waals surface area (Å²) < 4.78 is 19.3. The number of rotatable bonds is 2. The van der Waals surface area contributed by atoms with Crippen LogP contribution in [-0.2, 0) is 11.2 Å². The highest BCUT2D eigenvalue weighted by atomic mass is 19.1. The lowest BCUT2D eigenvalue weighted by atomic mass is 9.92. The van der Waals surface area contributed by atoms with Gasteiger partial charge in [0.25, 0.3) is 0 Å². The average Bonchev–Trinajstić information content (AvgIpc) is 2.46. The Hall–Kier alpha value is -2.00. The van der Waals surface area contributed by atoms with E-state index in [4.69, 9.17) is 4.74 Å². The predicted octanol–water partition coefficient (Wildman–Crippen LogP) is 3.32. The molecular weight excluding hydrogens is 243 g/mol. The molecule has 1 aliphatic rings. The van der Waals surface area contributed by atoms with Crippen molar-refractivity contribution in [2.75, 3.05) is 6.61 Å². The van der Waals surface area contributed by atoms with Crippen LogP contribution in [0.15, 0.2) is 48.5 Å². The van der Waals surface area contributed by atoms with E-state index in [0.717, 1.165) is 17.5 Å². The monoisotopic (exact) mass is 256 g/mol. The van der Waals surface area contributed by atoms with Crippen LogP contribution in [0.5, 0.6) is 0 Å². The Labute approximate surface area is 110 Å². The fraction of sp³-hybridized carbons (Fsp3) is 0.188. The molecule has 2 nitrogen and oxygen atoms in total. The zero-order valence-electron chi connectivity index (χ0n) is 10.3. The van der Waals surface area contributed by atoms with Crippen molar-refractivity contribution < 1.29 is 13.9 Å². The van der Waals surface area contributed by atoms with Gasteiger partial charge >= 0.3 is 0 Å². The van der Waals surface area contributed by atoms with Crippen LogP contribution in [0.1, 0.15) is 27.6 Å². The highest BCUT2D eigenvalue weighted by Crippen LogP contribution is 2.30. The summed E-state index contributed by atoms with van der Waals surface area (Å²) in [6, 6.07) is 13.7. The molecule has 0 fully saturated rings. The minimum absolute atomic E-state index is 0.0872. The topological polar surface area (TPSA) is 26.3 Å². The second-order valence-corrected chi connectivity index (χ2v) is 4.54. The van der Waals surface area contributed by atoms with Gasteiger partial charge in [-0.25, -0.2) is 4.39 Å². The first-order chi connectivity index (χ1) is 9.27. The smallest absolute Gasteiger partial charge is 0.199 e. The molecule has 0 amide bonds. The van der Waals surface area contributed by atoms with Gasteiger partial charge < -0.3 is 4.74 Å². The maximum absolute atomic E-state index is 13.7. The first-order valence-electron chi connectivity index (χ1n) is 6.25. The minimum atomic E-state index is -0.693. The third-order valence-electron chi connectivity index (χ3n) is 3.37. The van der Waals surface area contributed by atoms with Crippen molar-refractivity contribution in [3.8, 4) is 0 Å². The van der Waals surface area contributed by atoms with Gasteiger partial charge in [-0.05, 0) is 29.7 Å². The summed E-state index contributed by atoms with van der Waals surface area (Å²) >= 11 is 0. The fourth-order valence-corrected chi connectivity index (χ4v) is 2.41. The van der Waals surface area contributed by atoms with E-state index in [9.17, 15) is 9.18 Å².